The van der Waals surface area contributed by atoms with Crippen molar-refractivity contribution in [1.82, 2.24) is 0 Å². The number of methoxy groups -OCH3 is 1. The molecule has 0 heterocycles. The van der Waals surface area contributed by atoms with Crippen molar-refractivity contribution in [2.24, 2.45) is 0 Å². The molecule has 9 heteroatoms. The highest BCUT2D eigenvalue weighted by Crippen LogP contribution is 2.29. The number of nitro groups is 1. The largest absolute Gasteiger partial charge is 0.496 e. The van der Waals surface area contributed by atoms with Crippen molar-refractivity contribution < 1.29 is 24.0 Å². The lowest BCUT2D eigenvalue weighted by Crippen LogP contribution is -2.20. The Labute approximate surface area is 155 Å². The quantitative estimate of drug-likeness (QED) is 0.542. The summed E-state index contributed by atoms with van der Waals surface area (Å²) in [4.78, 5) is 34.0. The Bertz CT molecular complexity index is 853. The number of nitro benzene ring substituents is 1. The summed E-state index contributed by atoms with van der Waals surface area (Å²) in [5.41, 5.74) is 0.302. The third-order valence-electron chi connectivity index (χ3n) is 3.48. The van der Waals surface area contributed by atoms with E-state index < -0.39 is 10.8 Å². The zero-order chi connectivity index (χ0) is 19.8. The average Bonchev–Trinajstić information content (AvgIpc) is 2.66. The standard InChI is InChI=1S/C18H19N3O6/c1-3-17(22)19-12-5-4-6-14(9-12)27-11-18(23)20-15-8-7-13(26-2)10-16(15)21(24)25/h4-10H,3,11H2,1-2H3,(H,19,22)(H,20,23). The zero-order valence-electron chi connectivity index (χ0n) is 14.9. The predicted octanol–water partition coefficient (Wildman–Crippen LogP) is 2.97. The number of ether oxygens (including phenoxy) is 2. The van der Waals surface area contributed by atoms with Crippen LogP contribution in [0.1, 0.15) is 13.3 Å². The molecule has 0 aromatic heterocycles. The van der Waals surface area contributed by atoms with Crippen molar-refractivity contribution in [3.05, 3.63) is 52.6 Å². The van der Waals surface area contributed by atoms with E-state index in [0.29, 0.717) is 23.6 Å². The zero-order valence-corrected chi connectivity index (χ0v) is 14.9. The summed E-state index contributed by atoms with van der Waals surface area (Å²) < 4.78 is 10.3. The second-order valence-electron chi connectivity index (χ2n) is 5.41. The predicted molar refractivity (Wildman–Crippen MR) is 99.1 cm³/mol. The number of benzene rings is 2. The lowest BCUT2D eigenvalue weighted by atomic mass is 10.2. The number of carbonyl (C=O) groups excluding carboxylic acids is 2. The van der Waals surface area contributed by atoms with Gasteiger partial charge in [-0.15, -0.1) is 0 Å². The normalized spacial score (nSPS) is 10.0. The first-order chi connectivity index (χ1) is 12.9. The highest BCUT2D eigenvalue weighted by atomic mass is 16.6. The van der Waals surface area contributed by atoms with Crippen molar-refractivity contribution in [2.45, 2.75) is 13.3 Å². The van der Waals surface area contributed by atoms with E-state index in [1.807, 2.05) is 0 Å². The first kappa shape index (κ1) is 19.7. The highest BCUT2D eigenvalue weighted by Gasteiger charge is 2.17. The molecule has 0 aliphatic heterocycles. The minimum atomic E-state index is -0.612. The highest BCUT2D eigenvalue weighted by molar-refractivity contribution is 5.94. The number of nitrogens with zero attached hydrogens (tertiary/aromatic N) is 1. The van der Waals surface area contributed by atoms with E-state index >= 15 is 0 Å². The summed E-state index contributed by atoms with van der Waals surface area (Å²) in [7, 11) is 1.39. The summed E-state index contributed by atoms with van der Waals surface area (Å²) in [6.07, 6.45) is 0.341. The first-order valence-corrected chi connectivity index (χ1v) is 8.08. The fourth-order valence-corrected chi connectivity index (χ4v) is 2.14. The van der Waals surface area contributed by atoms with E-state index in [9.17, 15) is 19.7 Å². The molecule has 2 amide bonds. The molecule has 0 bridgehead atoms. The summed E-state index contributed by atoms with van der Waals surface area (Å²) in [5.74, 6) is -0.0202. The van der Waals surface area contributed by atoms with Gasteiger partial charge in [-0.2, -0.15) is 0 Å². The van der Waals surface area contributed by atoms with E-state index in [-0.39, 0.29) is 23.9 Å². The molecule has 0 aliphatic rings. The van der Waals surface area contributed by atoms with Crippen LogP contribution in [0.4, 0.5) is 17.1 Å². The minimum Gasteiger partial charge on any atom is -0.496 e. The number of nitrogens with one attached hydrogen (secondary N) is 2. The maximum Gasteiger partial charge on any atom is 0.296 e. The van der Waals surface area contributed by atoms with Crippen LogP contribution >= 0.6 is 0 Å². The SMILES string of the molecule is CCC(=O)Nc1cccc(OCC(=O)Nc2ccc(OC)cc2[N+](=O)[O-])c1. The smallest absolute Gasteiger partial charge is 0.296 e. The summed E-state index contributed by atoms with van der Waals surface area (Å²) in [6.45, 7) is 1.38. The van der Waals surface area contributed by atoms with E-state index in [2.05, 4.69) is 10.6 Å². The van der Waals surface area contributed by atoms with Crippen molar-refractivity contribution >= 4 is 28.9 Å². The van der Waals surface area contributed by atoms with E-state index in [4.69, 9.17) is 9.47 Å². The van der Waals surface area contributed by atoms with Crippen LogP contribution in [-0.2, 0) is 9.59 Å². The van der Waals surface area contributed by atoms with Crippen LogP contribution in [0.3, 0.4) is 0 Å². The van der Waals surface area contributed by atoms with Gasteiger partial charge in [-0.25, -0.2) is 0 Å². The van der Waals surface area contributed by atoms with Crippen molar-refractivity contribution in [3.63, 3.8) is 0 Å². The summed E-state index contributed by atoms with van der Waals surface area (Å²) in [5, 5.41) is 16.3. The number of rotatable bonds is 8. The molecule has 27 heavy (non-hydrogen) atoms. The van der Waals surface area contributed by atoms with Gasteiger partial charge in [0.15, 0.2) is 6.61 Å². The maximum atomic E-state index is 12.1. The number of anilines is 2. The fourth-order valence-electron chi connectivity index (χ4n) is 2.14. The number of amides is 2. The molecule has 0 aliphatic carbocycles. The van der Waals surface area contributed by atoms with Crippen LogP contribution in [0.15, 0.2) is 42.5 Å². The fraction of sp³-hybridized carbons (Fsp3) is 0.222. The van der Waals surface area contributed by atoms with Crippen LogP contribution < -0.4 is 20.1 Å². The lowest BCUT2D eigenvalue weighted by molar-refractivity contribution is -0.384. The molecular weight excluding hydrogens is 354 g/mol. The van der Waals surface area contributed by atoms with Gasteiger partial charge in [-0.1, -0.05) is 13.0 Å². The van der Waals surface area contributed by atoms with Crippen molar-refractivity contribution in [2.75, 3.05) is 24.4 Å². The molecular formula is C18H19N3O6. The van der Waals surface area contributed by atoms with E-state index in [0.717, 1.165) is 0 Å². The Morgan fingerprint density at radius 3 is 2.52 bits per heavy atom. The van der Waals surface area contributed by atoms with Crippen LogP contribution in [0.25, 0.3) is 0 Å². The second-order valence-corrected chi connectivity index (χ2v) is 5.41. The third kappa shape index (κ3) is 5.70. The van der Waals surface area contributed by atoms with Gasteiger partial charge in [0.25, 0.3) is 11.6 Å². The third-order valence-corrected chi connectivity index (χ3v) is 3.48. The number of carbonyl (C=O) groups is 2. The van der Waals surface area contributed by atoms with Gasteiger partial charge < -0.3 is 20.1 Å². The maximum absolute atomic E-state index is 12.1. The van der Waals surface area contributed by atoms with Crippen molar-refractivity contribution in [3.8, 4) is 11.5 Å². The molecule has 2 aromatic carbocycles. The van der Waals surface area contributed by atoms with Crippen LogP contribution in [0.2, 0.25) is 0 Å². The van der Waals surface area contributed by atoms with Gasteiger partial charge in [-0.05, 0) is 24.3 Å². The molecule has 2 rings (SSSR count). The molecule has 0 atom stereocenters. The molecule has 9 nitrogen and oxygen atoms in total. The second kappa shape index (κ2) is 9.18. The summed E-state index contributed by atoms with van der Waals surface area (Å²) in [6, 6.07) is 10.7. The Hall–Kier alpha value is -3.62. The average molecular weight is 373 g/mol. The molecule has 2 aromatic rings. The molecule has 0 unspecified atom stereocenters. The molecule has 142 valence electrons. The lowest BCUT2D eigenvalue weighted by Gasteiger charge is -2.10. The van der Waals surface area contributed by atoms with Crippen LogP contribution in [-0.4, -0.2) is 30.5 Å². The van der Waals surface area contributed by atoms with E-state index in [1.54, 1.807) is 31.2 Å². The number of hydrogen-bond acceptors (Lipinski definition) is 6. The summed E-state index contributed by atoms with van der Waals surface area (Å²) >= 11 is 0. The topological polar surface area (TPSA) is 120 Å². The Morgan fingerprint density at radius 1 is 1.07 bits per heavy atom. The van der Waals surface area contributed by atoms with E-state index in [1.165, 1.54) is 25.3 Å². The first-order valence-electron chi connectivity index (χ1n) is 8.08. The van der Waals surface area contributed by atoms with Gasteiger partial charge in [0.05, 0.1) is 18.1 Å². The van der Waals surface area contributed by atoms with Gasteiger partial charge in [0.1, 0.15) is 17.2 Å². The van der Waals surface area contributed by atoms with Gasteiger partial charge >= 0.3 is 0 Å². The Kier molecular flexibility index (Phi) is 6.70. The molecule has 2 N–H and O–H groups in total. The number of hydrogen-bond donors (Lipinski definition) is 2. The molecule has 0 saturated heterocycles. The molecule has 0 spiro atoms. The molecule has 0 fully saturated rings. The molecule has 0 saturated carbocycles. The Balaban J connectivity index is 2.00. The van der Waals surface area contributed by atoms with Crippen molar-refractivity contribution in [1.29, 1.82) is 0 Å². The monoisotopic (exact) mass is 373 g/mol. The minimum absolute atomic E-state index is 0.0401. The molecule has 0 radical (unpaired) electrons. The van der Waals surface area contributed by atoms with Gasteiger partial charge in [0.2, 0.25) is 5.91 Å². The Morgan fingerprint density at radius 2 is 1.85 bits per heavy atom. The van der Waals surface area contributed by atoms with Crippen LogP contribution in [0, 0.1) is 10.1 Å². The van der Waals surface area contributed by atoms with Crippen LogP contribution in [0.5, 0.6) is 11.5 Å². The van der Waals surface area contributed by atoms with Gasteiger partial charge in [0, 0.05) is 18.2 Å². The van der Waals surface area contributed by atoms with Gasteiger partial charge in [-0.3, -0.25) is 19.7 Å².